The molecule has 0 spiro atoms. The molecule has 0 radical (unpaired) electrons. The predicted octanol–water partition coefficient (Wildman–Crippen LogP) is 6.12. The summed E-state index contributed by atoms with van der Waals surface area (Å²) < 4.78 is 77.0. The zero-order valence-corrected chi connectivity index (χ0v) is 37.2. The van der Waals surface area contributed by atoms with Gasteiger partial charge < -0.3 is 43.6 Å². The van der Waals surface area contributed by atoms with Crippen molar-refractivity contribution >= 4 is 23.6 Å². The van der Waals surface area contributed by atoms with Gasteiger partial charge in [-0.15, -0.1) is 6.58 Å². The van der Waals surface area contributed by atoms with Crippen LogP contribution in [0.5, 0.6) is 0 Å². The van der Waals surface area contributed by atoms with Crippen LogP contribution in [-0.4, -0.2) is 123 Å². The van der Waals surface area contributed by atoms with Crippen molar-refractivity contribution in [2.45, 2.75) is 154 Å². The molecule has 0 aliphatic carbocycles. The van der Waals surface area contributed by atoms with Crippen molar-refractivity contribution in [2.24, 2.45) is 17.8 Å². The van der Waals surface area contributed by atoms with E-state index in [0.29, 0.717) is 38.0 Å². The van der Waals surface area contributed by atoms with Gasteiger partial charge in [-0.25, -0.2) is 27.7 Å². The lowest BCUT2D eigenvalue weighted by Gasteiger charge is -2.46. The average Bonchev–Trinajstić information content (AvgIpc) is 3.80. The molecule has 2 N–H and O–H groups in total. The van der Waals surface area contributed by atoms with E-state index in [2.05, 4.69) is 16.9 Å². The molecule has 0 saturated carbocycles. The molecule has 14 nitrogen and oxygen atoms in total. The molecule has 2 aromatic rings. The van der Waals surface area contributed by atoms with Crippen molar-refractivity contribution < 1.29 is 61.1 Å². The highest BCUT2D eigenvalue weighted by molar-refractivity contribution is 6.08. The first kappa shape index (κ1) is 48.9. The zero-order valence-electron chi connectivity index (χ0n) is 37.2. The Morgan fingerprint density at radius 3 is 2.40 bits per heavy atom. The summed E-state index contributed by atoms with van der Waals surface area (Å²) in [5.41, 5.74) is -5.91. The third-order valence-electron chi connectivity index (χ3n) is 13.0. The van der Waals surface area contributed by atoms with Crippen LogP contribution in [0.2, 0.25) is 0 Å². The number of carbonyl (C=O) groups excluding carboxylic acids is 4. The van der Waals surface area contributed by atoms with Gasteiger partial charge in [0.15, 0.2) is 17.7 Å². The minimum absolute atomic E-state index is 0.0391. The van der Waals surface area contributed by atoms with Gasteiger partial charge in [0.05, 0.1) is 35.9 Å². The maximum atomic E-state index is 16.9. The van der Waals surface area contributed by atoms with Crippen molar-refractivity contribution in [2.75, 3.05) is 20.2 Å². The molecule has 1 aromatic carbocycles. The number of methoxy groups -OCH3 is 1. The third-order valence-corrected chi connectivity index (χ3v) is 13.0. The van der Waals surface area contributed by atoms with E-state index in [9.17, 15) is 33.1 Å². The van der Waals surface area contributed by atoms with E-state index in [1.165, 1.54) is 31.3 Å². The molecule has 5 rings (SSSR count). The summed E-state index contributed by atoms with van der Waals surface area (Å²) in [7, 11) is 1.37. The van der Waals surface area contributed by atoms with Gasteiger partial charge in [0.1, 0.15) is 29.6 Å². The molecule has 13 atom stereocenters. The first-order valence-electron chi connectivity index (χ1n) is 21.5. The Morgan fingerprint density at radius 2 is 1.76 bits per heavy atom. The van der Waals surface area contributed by atoms with E-state index in [-0.39, 0.29) is 30.7 Å². The molecule has 1 unspecified atom stereocenters. The van der Waals surface area contributed by atoms with Gasteiger partial charge in [0.25, 0.3) is 5.67 Å². The molecule has 3 fully saturated rings. The molecule has 0 bridgehead atoms. The van der Waals surface area contributed by atoms with E-state index in [4.69, 9.17) is 23.7 Å². The molecule has 3 aliphatic heterocycles. The monoisotopic (exact) mass is 876 g/mol. The average molecular weight is 877 g/mol. The lowest BCUT2D eigenvalue weighted by molar-refractivity contribution is -0.290. The Balaban J connectivity index is 1.44. The van der Waals surface area contributed by atoms with Crippen LogP contribution in [0.4, 0.5) is 18.0 Å². The molecule has 1 amide bonds. The molecular formula is C45H63F3N4O10. The third kappa shape index (κ3) is 9.96. The Morgan fingerprint density at radius 1 is 1.06 bits per heavy atom. The van der Waals surface area contributed by atoms with E-state index in [0.717, 1.165) is 19.1 Å². The number of aliphatic hydroxyl groups excluding tert-OH is 1. The van der Waals surface area contributed by atoms with Crippen LogP contribution < -0.4 is 5.32 Å². The number of hydrogen-bond acceptors (Lipinski definition) is 12. The number of hydrogen-bond donors (Lipinski definition) is 2. The molecular weight excluding hydrogens is 814 g/mol. The Hall–Kier alpha value is -4.16. The maximum absolute atomic E-state index is 16.9. The van der Waals surface area contributed by atoms with Crippen LogP contribution >= 0.6 is 0 Å². The quantitative estimate of drug-likeness (QED) is 0.103. The summed E-state index contributed by atoms with van der Waals surface area (Å²) >= 11 is 0. The van der Waals surface area contributed by atoms with E-state index < -0.39 is 107 Å². The number of nitrogens with one attached hydrogen (secondary N) is 1. The second kappa shape index (κ2) is 19.7. The summed E-state index contributed by atoms with van der Waals surface area (Å²) in [6.45, 7) is 16.9. The van der Waals surface area contributed by atoms with Crippen molar-refractivity contribution in [1.82, 2.24) is 19.8 Å². The topological polar surface area (TPSA) is 168 Å². The molecule has 3 aliphatic rings. The van der Waals surface area contributed by atoms with Crippen LogP contribution in [0.25, 0.3) is 11.3 Å². The van der Waals surface area contributed by atoms with Crippen molar-refractivity contribution in [3.8, 4) is 11.3 Å². The number of unbranched alkanes of at least 4 members (excludes halogenated alkanes) is 1. The highest BCUT2D eigenvalue weighted by Crippen LogP contribution is 2.43. The van der Waals surface area contributed by atoms with E-state index in [1.54, 1.807) is 58.4 Å². The van der Waals surface area contributed by atoms with Gasteiger partial charge in [0.2, 0.25) is 0 Å². The smallest absolute Gasteiger partial charge is 0.410 e. The number of fused-ring (bicyclic) bond motifs is 1. The first-order chi connectivity index (χ1) is 29.1. The van der Waals surface area contributed by atoms with E-state index in [1.807, 2.05) is 0 Å². The van der Waals surface area contributed by atoms with Gasteiger partial charge in [0, 0.05) is 68.4 Å². The van der Waals surface area contributed by atoms with E-state index >= 15 is 4.39 Å². The number of nitrogens with zero attached hydrogens (tertiary/aromatic N) is 3. The fraction of sp³-hybridized carbons (Fsp3) is 0.667. The summed E-state index contributed by atoms with van der Waals surface area (Å²) in [5, 5.41) is 14.6. The number of amides is 1. The number of imidazole rings is 1. The standard InChI is InChI=1S/C45H63F3N4O10/c1-11-17-49-32-20-26(4)59-40(36(32)54)61-39-28(6)38(55)44(8,48)41(56)60-34(12-2)45(9)37(27(5)35(53)25(3)22-43(39,7)58-10)52(42(57)62-45)19-14-13-18-51-23-33(50-24-51)30-16-15-29(46)21-31(30)47/h11,15-16,21,23-28,32,34,36-37,39-40,49,54H,1,12-14,17-20,22H2,2-10H3/t25-,26-,27+,28+,32+,34-,36+,37?,39-,40+,43-,44+,45-/m1/s1. The number of aryl methyl sites for hydroxylation is 1. The van der Waals surface area contributed by atoms with Gasteiger partial charge in [-0.2, -0.15) is 0 Å². The molecule has 1 aromatic heterocycles. The zero-order chi connectivity index (χ0) is 45.9. The molecule has 17 heteroatoms. The number of ketones is 2. The lowest BCUT2D eigenvalue weighted by atomic mass is 9.73. The number of aliphatic hydroxyl groups is 1. The van der Waals surface area contributed by atoms with Crippen LogP contribution in [0.3, 0.4) is 0 Å². The number of cyclic esters (lactones) is 1. The second-order valence-electron chi connectivity index (χ2n) is 17.7. The Bertz CT molecular complexity index is 1950. The fourth-order valence-corrected chi connectivity index (χ4v) is 9.56. The number of rotatable bonds is 13. The van der Waals surface area contributed by atoms with Crippen LogP contribution in [0, 0.1) is 29.4 Å². The Labute approximate surface area is 361 Å². The van der Waals surface area contributed by atoms with Crippen molar-refractivity contribution in [3.63, 3.8) is 0 Å². The summed E-state index contributed by atoms with van der Waals surface area (Å²) in [5.74, 6) is -7.54. The number of carbonyl (C=O) groups is 4. The van der Waals surface area contributed by atoms with Gasteiger partial charge in [-0.3, -0.25) is 9.59 Å². The number of esters is 1. The Kier molecular flexibility index (Phi) is 15.5. The van der Waals surface area contributed by atoms with Crippen LogP contribution in [0.1, 0.15) is 87.5 Å². The number of aromatic nitrogens is 2. The number of benzene rings is 1. The minimum atomic E-state index is -3.22. The summed E-state index contributed by atoms with van der Waals surface area (Å²) in [6, 6.07) is 1.77. The van der Waals surface area contributed by atoms with Gasteiger partial charge in [-0.1, -0.05) is 33.8 Å². The highest BCUT2D eigenvalue weighted by Gasteiger charge is 2.61. The number of halogens is 3. The molecule has 3 saturated heterocycles. The molecule has 344 valence electrons. The minimum Gasteiger partial charge on any atom is -0.455 e. The lowest BCUT2D eigenvalue weighted by Crippen LogP contribution is -2.62. The van der Waals surface area contributed by atoms with Gasteiger partial charge in [-0.05, 0) is 71.9 Å². The molecule has 4 heterocycles. The summed E-state index contributed by atoms with van der Waals surface area (Å²) in [6.07, 6.45) is -0.197. The van der Waals surface area contributed by atoms with Crippen LogP contribution in [-0.2, 0) is 44.6 Å². The highest BCUT2D eigenvalue weighted by atomic mass is 19.1. The van der Waals surface area contributed by atoms with Crippen LogP contribution in [0.15, 0.2) is 43.4 Å². The summed E-state index contributed by atoms with van der Waals surface area (Å²) in [4.78, 5) is 62.5. The maximum Gasteiger partial charge on any atom is 0.410 e. The SMILES string of the molecule is C=CCN[C@H]1C[C@@H](C)O[C@@H](O[C@@H]2[C@@H](C)C(=O)[C@](C)(F)C(=O)O[C@H](CC)[C@@]3(C)OC(=O)N(CCCCn4cnc(-c5ccc(F)cc5F)c4)C3[C@@H](C)C(=O)[C@H](C)C[C@@]2(C)OC)[C@H]1O. The van der Waals surface area contributed by atoms with Crippen molar-refractivity contribution in [3.05, 3.63) is 55.0 Å². The number of alkyl halides is 1. The predicted molar refractivity (Wildman–Crippen MR) is 221 cm³/mol. The normalized spacial score (nSPS) is 36.2. The number of Topliss-reactive ketones (excluding diaryl/α,β-unsaturated/α-hetero) is 2. The fourth-order valence-electron chi connectivity index (χ4n) is 9.56. The second-order valence-corrected chi connectivity index (χ2v) is 17.7. The first-order valence-corrected chi connectivity index (χ1v) is 21.5. The number of ether oxygens (including phenoxy) is 5. The van der Waals surface area contributed by atoms with Gasteiger partial charge >= 0.3 is 12.1 Å². The largest absolute Gasteiger partial charge is 0.455 e. The molecule has 62 heavy (non-hydrogen) atoms. The van der Waals surface area contributed by atoms with Crippen molar-refractivity contribution in [1.29, 1.82) is 0 Å².